The second-order valence-electron chi connectivity index (χ2n) is 5.80. The molecule has 2 aliphatic rings. The van der Waals surface area contributed by atoms with Crippen LogP contribution < -0.4 is 19.1 Å². The minimum atomic E-state index is -3.68. The lowest BCUT2D eigenvalue weighted by Gasteiger charge is -2.15. The molecule has 0 unspecified atom stereocenters. The zero-order chi connectivity index (χ0) is 18.3. The van der Waals surface area contributed by atoms with Gasteiger partial charge in [0.15, 0.2) is 11.5 Å². The predicted molar refractivity (Wildman–Crippen MR) is 92.9 cm³/mol. The van der Waals surface area contributed by atoms with Gasteiger partial charge in [-0.1, -0.05) is 6.07 Å². The Bertz CT molecular complexity index is 1020. The van der Waals surface area contributed by atoms with Gasteiger partial charge in [-0.15, -0.1) is 0 Å². The molecule has 0 aromatic heterocycles. The molecule has 2 amide bonds. The van der Waals surface area contributed by atoms with Gasteiger partial charge in [0, 0.05) is 23.7 Å². The third kappa shape index (κ3) is 2.86. The predicted octanol–water partition coefficient (Wildman–Crippen LogP) is 1.73. The number of amides is 2. The molecule has 2 heterocycles. The molecule has 2 aromatic rings. The maximum absolute atomic E-state index is 12.5. The molecule has 1 N–H and O–H groups in total. The van der Waals surface area contributed by atoms with Crippen LogP contribution in [0.4, 0.5) is 11.4 Å². The van der Waals surface area contributed by atoms with Crippen LogP contribution in [0.5, 0.6) is 11.5 Å². The molecule has 8 nitrogen and oxygen atoms in total. The van der Waals surface area contributed by atoms with Crippen molar-refractivity contribution in [2.24, 2.45) is 0 Å². The second kappa shape index (κ2) is 6.03. The molecule has 4 rings (SSSR count). The van der Waals surface area contributed by atoms with Crippen LogP contribution in [0.25, 0.3) is 0 Å². The van der Waals surface area contributed by atoms with Crippen molar-refractivity contribution in [3.05, 3.63) is 48.0 Å². The van der Waals surface area contributed by atoms with Crippen LogP contribution in [0.3, 0.4) is 0 Å². The van der Waals surface area contributed by atoms with Gasteiger partial charge in [0.25, 0.3) is 5.91 Å². The summed E-state index contributed by atoms with van der Waals surface area (Å²) in [5.41, 5.74) is 0.899. The summed E-state index contributed by atoms with van der Waals surface area (Å²) in [5, 5.41) is 2.71. The third-order valence-corrected chi connectivity index (χ3v) is 5.74. The fourth-order valence-electron chi connectivity index (χ4n) is 2.82. The lowest BCUT2D eigenvalue weighted by atomic mass is 10.1. The zero-order valence-electron chi connectivity index (χ0n) is 13.5. The lowest BCUT2D eigenvalue weighted by Crippen LogP contribution is -2.29. The summed E-state index contributed by atoms with van der Waals surface area (Å²) in [6.07, 6.45) is -0.0596. The van der Waals surface area contributed by atoms with Gasteiger partial charge in [0.1, 0.15) is 0 Å². The van der Waals surface area contributed by atoms with Crippen molar-refractivity contribution in [1.82, 2.24) is 0 Å². The summed E-state index contributed by atoms with van der Waals surface area (Å²) in [7, 11) is -3.68. The number of anilines is 2. The van der Waals surface area contributed by atoms with Crippen molar-refractivity contribution in [3.8, 4) is 11.5 Å². The number of sulfonamides is 1. The van der Waals surface area contributed by atoms with E-state index in [0.717, 1.165) is 4.31 Å². The molecule has 0 saturated carbocycles. The first-order valence-electron chi connectivity index (χ1n) is 7.81. The van der Waals surface area contributed by atoms with Gasteiger partial charge in [-0.25, -0.2) is 12.7 Å². The van der Waals surface area contributed by atoms with E-state index in [9.17, 15) is 18.0 Å². The fraction of sp³-hybridized carbons (Fsp3) is 0.176. The molecule has 0 atom stereocenters. The highest BCUT2D eigenvalue weighted by Gasteiger charge is 2.36. The quantitative estimate of drug-likeness (QED) is 0.878. The largest absolute Gasteiger partial charge is 0.454 e. The Morgan fingerprint density at radius 2 is 1.88 bits per heavy atom. The molecule has 26 heavy (non-hydrogen) atoms. The summed E-state index contributed by atoms with van der Waals surface area (Å²) in [6.45, 7) is 0.132. The minimum absolute atomic E-state index is 0.0596. The van der Waals surface area contributed by atoms with Crippen molar-refractivity contribution in [2.75, 3.05) is 22.2 Å². The van der Waals surface area contributed by atoms with Crippen LogP contribution in [0.15, 0.2) is 42.5 Å². The standard InChI is InChI=1S/C17H14N2O6S/c20-16-6-7-26(22,23)19(16)13-3-1-2-11(8-13)17(21)18-12-4-5-14-15(9-12)25-10-24-14/h1-5,8-9H,6-7,10H2,(H,18,21). The Morgan fingerprint density at radius 1 is 1.08 bits per heavy atom. The second-order valence-corrected chi connectivity index (χ2v) is 7.73. The molecule has 0 radical (unpaired) electrons. The van der Waals surface area contributed by atoms with Crippen LogP contribution in [-0.2, 0) is 14.8 Å². The Morgan fingerprint density at radius 3 is 2.65 bits per heavy atom. The number of ether oxygens (including phenoxy) is 2. The van der Waals surface area contributed by atoms with Gasteiger partial charge < -0.3 is 14.8 Å². The topological polar surface area (TPSA) is 102 Å². The van der Waals surface area contributed by atoms with Crippen molar-refractivity contribution in [2.45, 2.75) is 6.42 Å². The number of carbonyl (C=O) groups excluding carboxylic acids is 2. The number of rotatable bonds is 3. The first kappa shape index (κ1) is 16.4. The van der Waals surface area contributed by atoms with Gasteiger partial charge in [-0.2, -0.15) is 0 Å². The average Bonchev–Trinajstić information content (AvgIpc) is 3.18. The number of benzene rings is 2. The number of nitrogens with one attached hydrogen (secondary N) is 1. The van der Waals surface area contributed by atoms with E-state index in [1.165, 1.54) is 18.2 Å². The fourth-order valence-corrected chi connectivity index (χ4v) is 4.27. The van der Waals surface area contributed by atoms with Gasteiger partial charge >= 0.3 is 0 Å². The summed E-state index contributed by atoms with van der Waals surface area (Å²) in [5.74, 6) is -0.0273. The van der Waals surface area contributed by atoms with E-state index in [4.69, 9.17) is 9.47 Å². The first-order valence-corrected chi connectivity index (χ1v) is 9.42. The number of hydrogen-bond donors (Lipinski definition) is 1. The summed E-state index contributed by atoms with van der Waals surface area (Å²) >= 11 is 0. The summed E-state index contributed by atoms with van der Waals surface area (Å²) in [6, 6.07) is 10.9. The maximum Gasteiger partial charge on any atom is 0.255 e. The van der Waals surface area contributed by atoms with Crippen molar-refractivity contribution in [3.63, 3.8) is 0 Å². The minimum Gasteiger partial charge on any atom is -0.454 e. The highest BCUT2D eigenvalue weighted by molar-refractivity contribution is 7.94. The average molecular weight is 374 g/mol. The highest BCUT2D eigenvalue weighted by atomic mass is 32.2. The first-order chi connectivity index (χ1) is 12.4. The van der Waals surface area contributed by atoms with Crippen LogP contribution in [0.1, 0.15) is 16.8 Å². The smallest absolute Gasteiger partial charge is 0.255 e. The van der Waals surface area contributed by atoms with E-state index >= 15 is 0 Å². The molecule has 2 aromatic carbocycles. The maximum atomic E-state index is 12.5. The molecule has 2 aliphatic heterocycles. The normalized spacial score (nSPS) is 17.4. The monoisotopic (exact) mass is 374 g/mol. The molecule has 9 heteroatoms. The number of hydrogen-bond acceptors (Lipinski definition) is 6. The Balaban J connectivity index is 1.58. The lowest BCUT2D eigenvalue weighted by molar-refractivity contribution is -0.116. The van der Waals surface area contributed by atoms with Crippen LogP contribution in [0, 0.1) is 0 Å². The van der Waals surface area contributed by atoms with Crippen LogP contribution >= 0.6 is 0 Å². The molecular weight excluding hydrogens is 360 g/mol. The van der Waals surface area contributed by atoms with Crippen molar-refractivity contribution >= 4 is 33.2 Å². The van der Waals surface area contributed by atoms with E-state index in [1.54, 1.807) is 24.3 Å². The zero-order valence-corrected chi connectivity index (χ0v) is 14.3. The SMILES string of the molecule is O=C(Nc1ccc2c(c1)OCO2)c1cccc(N2C(=O)CCS2(=O)=O)c1. The number of carbonyl (C=O) groups is 2. The van der Waals surface area contributed by atoms with Gasteiger partial charge in [0.2, 0.25) is 22.7 Å². The van der Waals surface area contributed by atoms with E-state index in [0.29, 0.717) is 17.2 Å². The highest BCUT2D eigenvalue weighted by Crippen LogP contribution is 2.34. The summed E-state index contributed by atoms with van der Waals surface area (Å²) in [4.78, 5) is 24.4. The molecule has 134 valence electrons. The van der Waals surface area contributed by atoms with E-state index in [-0.39, 0.29) is 30.2 Å². The van der Waals surface area contributed by atoms with Gasteiger partial charge in [-0.05, 0) is 30.3 Å². The summed E-state index contributed by atoms with van der Waals surface area (Å²) < 4.78 is 35.3. The van der Waals surface area contributed by atoms with E-state index < -0.39 is 21.8 Å². The Kier molecular flexibility index (Phi) is 3.80. The van der Waals surface area contributed by atoms with Gasteiger partial charge in [0.05, 0.1) is 11.4 Å². The molecular formula is C17H14N2O6S. The Labute approximate surface area is 149 Å². The van der Waals surface area contributed by atoms with Crippen LogP contribution in [-0.4, -0.2) is 32.8 Å². The number of nitrogens with zero attached hydrogens (tertiary/aromatic N) is 1. The molecule has 0 spiro atoms. The van der Waals surface area contributed by atoms with Crippen molar-refractivity contribution < 1.29 is 27.5 Å². The van der Waals surface area contributed by atoms with Gasteiger partial charge in [-0.3, -0.25) is 9.59 Å². The molecule has 0 aliphatic carbocycles. The van der Waals surface area contributed by atoms with Crippen LogP contribution in [0.2, 0.25) is 0 Å². The third-order valence-electron chi connectivity index (χ3n) is 4.05. The molecule has 1 fully saturated rings. The Hall–Kier alpha value is -3.07. The number of fused-ring (bicyclic) bond motifs is 1. The molecule has 0 bridgehead atoms. The van der Waals surface area contributed by atoms with E-state index in [1.807, 2.05) is 0 Å². The molecule has 1 saturated heterocycles. The van der Waals surface area contributed by atoms with E-state index in [2.05, 4.69) is 5.32 Å². The van der Waals surface area contributed by atoms with Crippen molar-refractivity contribution in [1.29, 1.82) is 0 Å².